The molecule has 0 radical (unpaired) electrons. The van der Waals surface area contributed by atoms with Crippen LogP contribution in [0.2, 0.25) is 0 Å². The topological polar surface area (TPSA) is 94.2 Å². The van der Waals surface area contributed by atoms with Crippen LogP contribution >= 0.6 is 0 Å². The molecule has 0 bridgehead atoms. The molecule has 128 valence electrons. The van der Waals surface area contributed by atoms with Crippen LogP contribution in [-0.2, 0) is 4.79 Å². The lowest BCUT2D eigenvalue weighted by atomic mass is 10.1. The van der Waals surface area contributed by atoms with Crippen molar-refractivity contribution in [3.8, 4) is 0 Å². The lowest BCUT2D eigenvalue weighted by Gasteiger charge is -2.34. The van der Waals surface area contributed by atoms with Gasteiger partial charge < -0.3 is 10.2 Å². The van der Waals surface area contributed by atoms with Crippen molar-refractivity contribution in [1.29, 1.82) is 0 Å². The summed E-state index contributed by atoms with van der Waals surface area (Å²) in [6.07, 6.45) is 0. The first-order chi connectivity index (χ1) is 11.5. The monoisotopic (exact) mass is 330 g/mol. The minimum Gasteiger partial charge on any atom is -0.353 e. The molecule has 1 aromatic heterocycles. The maximum atomic E-state index is 12.6. The average Bonchev–Trinajstić information content (AvgIpc) is 3.01. The van der Waals surface area contributed by atoms with Crippen molar-refractivity contribution in [3.05, 3.63) is 23.8 Å². The molecular weight excluding hydrogens is 308 g/mol. The van der Waals surface area contributed by atoms with Gasteiger partial charge in [0, 0.05) is 37.8 Å². The molecule has 2 heterocycles. The van der Waals surface area contributed by atoms with E-state index in [0.29, 0.717) is 43.8 Å². The minimum atomic E-state index is -0.00816. The lowest BCUT2D eigenvalue weighted by Crippen LogP contribution is -2.51. The summed E-state index contributed by atoms with van der Waals surface area (Å²) >= 11 is 0. The van der Waals surface area contributed by atoms with Crippen LogP contribution < -0.4 is 5.32 Å². The van der Waals surface area contributed by atoms with Gasteiger partial charge in [0.25, 0.3) is 5.91 Å². The van der Waals surface area contributed by atoms with Gasteiger partial charge in [-0.15, -0.1) is 0 Å². The summed E-state index contributed by atoms with van der Waals surface area (Å²) in [6, 6.07) is 5.46. The number of hydrogen-bond donors (Lipinski definition) is 2. The molecule has 2 amide bonds. The van der Waals surface area contributed by atoms with Crippen LogP contribution in [0.4, 0.5) is 0 Å². The van der Waals surface area contributed by atoms with Gasteiger partial charge in [0.15, 0.2) is 0 Å². The molecule has 0 aliphatic carbocycles. The molecule has 2 aromatic rings. The second-order valence-corrected chi connectivity index (χ2v) is 6.32. The van der Waals surface area contributed by atoms with E-state index in [9.17, 15) is 9.59 Å². The van der Waals surface area contributed by atoms with Crippen LogP contribution in [0.25, 0.3) is 11.0 Å². The van der Waals surface area contributed by atoms with Crippen molar-refractivity contribution in [2.75, 3.05) is 32.7 Å². The number of rotatable bonds is 4. The third-order valence-corrected chi connectivity index (χ3v) is 4.04. The number of carbonyl (C=O) groups is 2. The van der Waals surface area contributed by atoms with Crippen molar-refractivity contribution >= 4 is 22.8 Å². The van der Waals surface area contributed by atoms with Crippen LogP contribution in [0.15, 0.2) is 18.2 Å². The molecule has 0 atom stereocenters. The Kier molecular flexibility index (Phi) is 4.75. The first kappa shape index (κ1) is 16.4. The van der Waals surface area contributed by atoms with Gasteiger partial charge in [-0.2, -0.15) is 15.4 Å². The number of piperazine rings is 1. The summed E-state index contributed by atoms with van der Waals surface area (Å²) in [6.45, 7) is 6.90. The fraction of sp³-hybridized carbons (Fsp3) is 0.500. The van der Waals surface area contributed by atoms with E-state index < -0.39 is 0 Å². The van der Waals surface area contributed by atoms with E-state index in [1.807, 2.05) is 18.7 Å². The van der Waals surface area contributed by atoms with Crippen LogP contribution in [0.5, 0.6) is 0 Å². The summed E-state index contributed by atoms with van der Waals surface area (Å²) in [4.78, 5) is 28.3. The Balaban J connectivity index is 1.56. The molecule has 1 aromatic carbocycles. The summed E-state index contributed by atoms with van der Waals surface area (Å²) in [7, 11) is 0. The van der Waals surface area contributed by atoms with Gasteiger partial charge in [0.1, 0.15) is 11.0 Å². The van der Waals surface area contributed by atoms with Gasteiger partial charge >= 0.3 is 0 Å². The SMILES string of the molecule is CC(C)NC(=O)CN1CCN(C(=O)c2ccc3n[nH]nc3c2)CC1. The summed E-state index contributed by atoms with van der Waals surface area (Å²) in [5.41, 5.74) is 2.04. The molecule has 2 N–H and O–H groups in total. The van der Waals surface area contributed by atoms with Crippen LogP contribution in [0.1, 0.15) is 24.2 Å². The second kappa shape index (κ2) is 6.96. The molecule has 1 fully saturated rings. The highest BCUT2D eigenvalue weighted by molar-refractivity contribution is 5.97. The standard InChI is InChI=1S/C16H22N6O2/c1-11(2)17-15(23)10-21-5-7-22(8-6-21)16(24)12-3-4-13-14(9-12)19-20-18-13/h3-4,9,11H,5-8,10H2,1-2H3,(H,17,23)(H,18,19,20). The zero-order chi connectivity index (χ0) is 17.1. The van der Waals surface area contributed by atoms with Crippen LogP contribution in [-0.4, -0.2) is 75.8 Å². The van der Waals surface area contributed by atoms with Crippen LogP contribution in [0.3, 0.4) is 0 Å². The number of aromatic amines is 1. The Bertz CT molecular complexity index is 733. The average molecular weight is 330 g/mol. The Morgan fingerprint density at radius 3 is 2.58 bits per heavy atom. The third kappa shape index (κ3) is 3.70. The third-order valence-electron chi connectivity index (χ3n) is 4.04. The minimum absolute atomic E-state index is 0.00816. The lowest BCUT2D eigenvalue weighted by molar-refractivity contribution is -0.123. The molecule has 24 heavy (non-hydrogen) atoms. The number of aromatic nitrogens is 3. The molecular formula is C16H22N6O2. The molecule has 8 nitrogen and oxygen atoms in total. The quantitative estimate of drug-likeness (QED) is 0.837. The normalized spacial score (nSPS) is 15.9. The Morgan fingerprint density at radius 1 is 1.17 bits per heavy atom. The van der Waals surface area contributed by atoms with E-state index in [2.05, 4.69) is 25.6 Å². The van der Waals surface area contributed by atoms with Gasteiger partial charge in [0.05, 0.1) is 6.54 Å². The summed E-state index contributed by atoms with van der Waals surface area (Å²) < 4.78 is 0. The van der Waals surface area contributed by atoms with Gasteiger partial charge in [0.2, 0.25) is 5.91 Å². The van der Waals surface area contributed by atoms with Crippen molar-refractivity contribution in [3.63, 3.8) is 0 Å². The Hall–Kier alpha value is -2.48. The Morgan fingerprint density at radius 2 is 1.88 bits per heavy atom. The second-order valence-electron chi connectivity index (χ2n) is 6.32. The maximum absolute atomic E-state index is 12.6. The molecule has 1 aliphatic heterocycles. The number of fused-ring (bicyclic) bond motifs is 1. The first-order valence-corrected chi connectivity index (χ1v) is 8.14. The van der Waals surface area contributed by atoms with E-state index in [1.165, 1.54) is 0 Å². The highest BCUT2D eigenvalue weighted by atomic mass is 16.2. The highest BCUT2D eigenvalue weighted by Gasteiger charge is 2.23. The van der Waals surface area contributed by atoms with Gasteiger partial charge in [-0.25, -0.2) is 0 Å². The molecule has 1 aliphatic rings. The van der Waals surface area contributed by atoms with E-state index >= 15 is 0 Å². The van der Waals surface area contributed by atoms with E-state index in [1.54, 1.807) is 18.2 Å². The van der Waals surface area contributed by atoms with Crippen molar-refractivity contribution in [1.82, 2.24) is 30.5 Å². The smallest absolute Gasteiger partial charge is 0.254 e. The number of nitrogens with one attached hydrogen (secondary N) is 2. The summed E-state index contributed by atoms with van der Waals surface area (Å²) in [5.74, 6) is 0.0208. The number of H-pyrrole nitrogens is 1. The van der Waals surface area contributed by atoms with E-state index in [0.717, 1.165) is 5.52 Å². The molecule has 3 rings (SSSR count). The van der Waals surface area contributed by atoms with Crippen molar-refractivity contribution in [2.45, 2.75) is 19.9 Å². The highest BCUT2D eigenvalue weighted by Crippen LogP contribution is 2.14. The predicted molar refractivity (Wildman–Crippen MR) is 89.5 cm³/mol. The van der Waals surface area contributed by atoms with Gasteiger partial charge in [-0.1, -0.05) is 0 Å². The predicted octanol–water partition coefficient (Wildman–Crippen LogP) is 0.240. The number of nitrogens with zero attached hydrogens (tertiary/aromatic N) is 4. The number of carbonyl (C=O) groups excluding carboxylic acids is 2. The molecule has 0 saturated carbocycles. The largest absolute Gasteiger partial charge is 0.353 e. The Labute approximate surface area is 140 Å². The molecule has 1 saturated heterocycles. The molecule has 0 spiro atoms. The first-order valence-electron chi connectivity index (χ1n) is 8.14. The zero-order valence-electron chi connectivity index (χ0n) is 14.0. The van der Waals surface area contributed by atoms with Gasteiger partial charge in [-0.3, -0.25) is 14.5 Å². The van der Waals surface area contributed by atoms with Crippen molar-refractivity contribution in [2.24, 2.45) is 0 Å². The van der Waals surface area contributed by atoms with E-state index in [-0.39, 0.29) is 17.9 Å². The summed E-state index contributed by atoms with van der Waals surface area (Å²) in [5, 5.41) is 13.4. The number of hydrogen-bond acceptors (Lipinski definition) is 5. The van der Waals surface area contributed by atoms with Crippen molar-refractivity contribution < 1.29 is 9.59 Å². The number of amides is 2. The number of benzene rings is 1. The molecule has 8 heteroatoms. The van der Waals surface area contributed by atoms with Gasteiger partial charge in [-0.05, 0) is 32.0 Å². The van der Waals surface area contributed by atoms with E-state index in [4.69, 9.17) is 0 Å². The fourth-order valence-corrected chi connectivity index (χ4v) is 2.84. The maximum Gasteiger partial charge on any atom is 0.254 e. The molecule has 0 unspecified atom stereocenters. The zero-order valence-corrected chi connectivity index (χ0v) is 14.0. The van der Waals surface area contributed by atoms with Crippen LogP contribution in [0, 0.1) is 0 Å². The fourth-order valence-electron chi connectivity index (χ4n) is 2.84.